The van der Waals surface area contributed by atoms with Crippen molar-refractivity contribution in [3.8, 4) is 11.5 Å². The Morgan fingerprint density at radius 1 is 0.677 bits per heavy atom. The first-order chi connectivity index (χ1) is 14.9. The van der Waals surface area contributed by atoms with Gasteiger partial charge in [0.2, 0.25) is 0 Å². The van der Waals surface area contributed by atoms with E-state index in [1.54, 1.807) is 0 Å². The molecule has 2 aromatic rings. The summed E-state index contributed by atoms with van der Waals surface area (Å²) in [6.45, 7) is 12.7. The number of aryl methyl sites for hydroxylation is 2. The second-order valence-electron chi connectivity index (χ2n) is 8.58. The third-order valence-electron chi connectivity index (χ3n) is 6.24. The lowest BCUT2D eigenvalue weighted by Crippen LogP contribution is -2.16. The van der Waals surface area contributed by atoms with Crippen molar-refractivity contribution in [2.45, 2.75) is 99.3 Å². The molecule has 0 saturated heterocycles. The summed E-state index contributed by atoms with van der Waals surface area (Å²) < 4.78 is 11.4. The van der Waals surface area contributed by atoms with Crippen LogP contribution in [0, 0.1) is 20.8 Å². The van der Waals surface area contributed by atoms with E-state index in [0.29, 0.717) is 11.5 Å². The van der Waals surface area contributed by atoms with Crippen LogP contribution in [0.2, 0.25) is 0 Å². The quantitative estimate of drug-likeness (QED) is 0.269. The SMILES string of the molecule is CCCCc1ccc(OC(=O)Oc2ccc(C)c(C)c2C)c(CCCC)c1CCCC. The molecular weight excluding hydrogens is 384 g/mol. The molecule has 31 heavy (non-hydrogen) atoms. The lowest BCUT2D eigenvalue weighted by molar-refractivity contribution is 0.151. The highest BCUT2D eigenvalue weighted by Gasteiger charge is 2.18. The molecule has 0 fully saturated rings. The van der Waals surface area contributed by atoms with E-state index >= 15 is 0 Å². The van der Waals surface area contributed by atoms with Crippen LogP contribution in [0.25, 0.3) is 0 Å². The standard InChI is InChI=1S/C28H40O3/c1-7-10-13-23-17-19-27(25(15-12-9-3)24(23)14-11-8-2)31-28(29)30-26-18-16-20(4)21(5)22(26)6/h16-19H,7-15H2,1-6H3. The second kappa shape index (κ2) is 12.5. The highest BCUT2D eigenvalue weighted by atomic mass is 16.7. The minimum atomic E-state index is -0.660. The molecule has 0 heterocycles. The van der Waals surface area contributed by atoms with Crippen molar-refractivity contribution in [2.75, 3.05) is 0 Å². The van der Waals surface area contributed by atoms with Crippen LogP contribution in [-0.4, -0.2) is 6.16 Å². The zero-order valence-electron chi connectivity index (χ0n) is 20.4. The number of carbonyl (C=O) groups excluding carboxylic acids is 1. The minimum absolute atomic E-state index is 0.564. The van der Waals surface area contributed by atoms with E-state index in [2.05, 4.69) is 33.8 Å². The fraction of sp³-hybridized carbons (Fsp3) is 0.536. The van der Waals surface area contributed by atoms with E-state index in [0.717, 1.165) is 56.1 Å². The van der Waals surface area contributed by atoms with Gasteiger partial charge < -0.3 is 9.47 Å². The smallest absolute Gasteiger partial charge is 0.394 e. The summed E-state index contributed by atoms with van der Waals surface area (Å²) >= 11 is 0. The Hall–Kier alpha value is -2.29. The van der Waals surface area contributed by atoms with Crippen molar-refractivity contribution < 1.29 is 14.3 Å². The number of hydrogen-bond donors (Lipinski definition) is 0. The lowest BCUT2D eigenvalue weighted by atomic mass is 9.90. The largest absolute Gasteiger partial charge is 0.519 e. The average molecular weight is 425 g/mol. The zero-order chi connectivity index (χ0) is 22.8. The van der Waals surface area contributed by atoms with Gasteiger partial charge in [0, 0.05) is 0 Å². The molecule has 170 valence electrons. The zero-order valence-corrected chi connectivity index (χ0v) is 20.4. The molecule has 0 N–H and O–H groups in total. The maximum Gasteiger partial charge on any atom is 0.519 e. The van der Waals surface area contributed by atoms with Gasteiger partial charge in [-0.05, 0) is 105 Å². The third kappa shape index (κ3) is 6.85. The van der Waals surface area contributed by atoms with Crippen molar-refractivity contribution in [3.63, 3.8) is 0 Å². The Kier molecular flexibility index (Phi) is 10.1. The Balaban J connectivity index is 2.32. The summed E-state index contributed by atoms with van der Waals surface area (Å²) in [5.74, 6) is 1.22. The first-order valence-electron chi connectivity index (χ1n) is 12.0. The van der Waals surface area contributed by atoms with Gasteiger partial charge >= 0.3 is 6.16 Å². The maximum absolute atomic E-state index is 12.7. The van der Waals surface area contributed by atoms with Gasteiger partial charge in [0.25, 0.3) is 0 Å². The maximum atomic E-state index is 12.7. The minimum Gasteiger partial charge on any atom is -0.394 e. The normalized spacial score (nSPS) is 10.9. The van der Waals surface area contributed by atoms with Gasteiger partial charge in [0.05, 0.1) is 0 Å². The molecule has 0 bridgehead atoms. The van der Waals surface area contributed by atoms with Crippen molar-refractivity contribution in [1.82, 2.24) is 0 Å². The molecule has 0 aliphatic heterocycles. The summed E-state index contributed by atoms with van der Waals surface area (Å²) in [5, 5.41) is 0. The monoisotopic (exact) mass is 424 g/mol. The second-order valence-corrected chi connectivity index (χ2v) is 8.58. The van der Waals surface area contributed by atoms with Gasteiger partial charge in [-0.1, -0.05) is 52.2 Å². The van der Waals surface area contributed by atoms with E-state index in [4.69, 9.17) is 9.47 Å². The van der Waals surface area contributed by atoms with Gasteiger partial charge in [-0.15, -0.1) is 0 Å². The molecule has 2 rings (SSSR count). The van der Waals surface area contributed by atoms with E-state index < -0.39 is 6.16 Å². The van der Waals surface area contributed by atoms with Crippen LogP contribution < -0.4 is 9.47 Å². The molecule has 0 unspecified atom stereocenters. The van der Waals surface area contributed by atoms with Crippen LogP contribution in [0.4, 0.5) is 4.79 Å². The Bertz CT molecular complexity index is 867. The number of unbranched alkanes of at least 4 members (excludes halogenated alkanes) is 3. The predicted molar refractivity (Wildman–Crippen MR) is 130 cm³/mol. The first kappa shape index (κ1) is 25.0. The number of hydrogen-bond acceptors (Lipinski definition) is 3. The van der Waals surface area contributed by atoms with Gasteiger partial charge in [0.15, 0.2) is 0 Å². The molecular formula is C28H40O3. The van der Waals surface area contributed by atoms with E-state index in [1.807, 2.05) is 32.0 Å². The van der Waals surface area contributed by atoms with Crippen molar-refractivity contribution in [1.29, 1.82) is 0 Å². The molecule has 3 heteroatoms. The number of rotatable bonds is 11. The van der Waals surface area contributed by atoms with Gasteiger partial charge in [-0.25, -0.2) is 4.79 Å². The first-order valence-corrected chi connectivity index (χ1v) is 12.0. The van der Waals surface area contributed by atoms with Gasteiger partial charge in [0.1, 0.15) is 11.5 Å². The fourth-order valence-corrected chi connectivity index (χ4v) is 3.95. The lowest BCUT2D eigenvalue weighted by Gasteiger charge is -2.19. The van der Waals surface area contributed by atoms with Crippen LogP contribution >= 0.6 is 0 Å². The van der Waals surface area contributed by atoms with Crippen LogP contribution in [-0.2, 0) is 19.3 Å². The Labute approximate surface area is 189 Å². The summed E-state index contributed by atoms with van der Waals surface area (Å²) in [6.07, 6.45) is 9.24. The summed E-state index contributed by atoms with van der Waals surface area (Å²) in [4.78, 5) is 12.7. The molecule has 2 aromatic carbocycles. The highest BCUT2D eigenvalue weighted by Crippen LogP contribution is 2.31. The molecule has 0 aliphatic rings. The molecule has 0 saturated carbocycles. The molecule has 0 spiro atoms. The van der Waals surface area contributed by atoms with Crippen LogP contribution in [0.15, 0.2) is 24.3 Å². The average Bonchev–Trinajstić information content (AvgIpc) is 2.76. The molecule has 0 amide bonds. The highest BCUT2D eigenvalue weighted by molar-refractivity contribution is 5.69. The number of carbonyl (C=O) groups is 1. The molecule has 0 aliphatic carbocycles. The topological polar surface area (TPSA) is 35.5 Å². The summed E-state index contributed by atoms with van der Waals surface area (Å²) in [7, 11) is 0. The fourth-order valence-electron chi connectivity index (χ4n) is 3.95. The third-order valence-corrected chi connectivity index (χ3v) is 6.24. The van der Waals surface area contributed by atoms with Crippen molar-refractivity contribution >= 4 is 6.16 Å². The van der Waals surface area contributed by atoms with Crippen LogP contribution in [0.1, 0.15) is 92.7 Å². The number of benzene rings is 2. The molecule has 3 nitrogen and oxygen atoms in total. The van der Waals surface area contributed by atoms with Gasteiger partial charge in [-0.3, -0.25) is 0 Å². The van der Waals surface area contributed by atoms with Crippen LogP contribution in [0.5, 0.6) is 11.5 Å². The van der Waals surface area contributed by atoms with Crippen molar-refractivity contribution in [2.24, 2.45) is 0 Å². The molecule has 0 atom stereocenters. The van der Waals surface area contributed by atoms with E-state index in [-0.39, 0.29) is 0 Å². The molecule has 0 radical (unpaired) electrons. The summed E-state index contributed by atoms with van der Waals surface area (Å²) in [5.41, 5.74) is 7.28. The van der Waals surface area contributed by atoms with Gasteiger partial charge in [-0.2, -0.15) is 0 Å². The predicted octanol–water partition coefficient (Wildman–Crippen LogP) is 8.22. The van der Waals surface area contributed by atoms with E-state index in [9.17, 15) is 4.79 Å². The molecule has 0 aromatic heterocycles. The summed E-state index contributed by atoms with van der Waals surface area (Å²) in [6, 6.07) is 7.94. The van der Waals surface area contributed by atoms with E-state index in [1.165, 1.54) is 35.1 Å². The Morgan fingerprint density at radius 3 is 1.87 bits per heavy atom. The van der Waals surface area contributed by atoms with Crippen molar-refractivity contribution in [3.05, 3.63) is 57.6 Å². The number of ether oxygens (including phenoxy) is 2. The Morgan fingerprint density at radius 2 is 1.23 bits per heavy atom. The van der Waals surface area contributed by atoms with Crippen LogP contribution in [0.3, 0.4) is 0 Å².